The van der Waals surface area contributed by atoms with Gasteiger partial charge in [0.2, 0.25) is 5.91 Å². The van der Waals surface area contributed by atoms with Crippen LogP contribution in [0.15, 0.2) is 23.7 Å². The van der Waals surface area contributed by atoms with Crippen molar-refractivity contribution in [3.63, 3.8) is 0 Å². The first kappa shape index (κ1) is 15.9. The van der Waals surface area contributed by atoms with Crippen molar-refractivity contribution in [2.45, 2.75) is 32.1 Å². The number of carbonyl (C=O) groups is 1. The molecule has 1 aliphatic heterocycles. The van der Waals surface area contributed by atoms with Crippen LogP contribution < -0.4 is 10.2 Å². The molecule has 0 bridgehead atoms. The molecule has 1 fully saturated rings. The van der Waals surface area contributed by atoms with Crippen molar-refractivity contribution in [1.82, 2.24) is 24.8 Å². The molecule has 0 aliphatic carbocycles. The van der Waals surface area contributed by atoms with Crippen LogP contribution >= 0.6 is 11.3 Å². The Labute approximate surface area is 148 Å². The topological polar surface area (TPSA) is 88.3 Å². The lowest BCUT2D eigenvalue weighted by atomic mass is 10.1. The van der Waals surface area contributed by atoms with Gasteiger partial charge in [0.25, 0.3) is 0 Å². The average Bonchev–Trinajstić information content (AvgIpc) is 3.30. The molecule has 1 amide bonds. The third-order valence-electron chi connectivity index (χ3n) is 4.25. The molecule has 1 saturated heterocycles. The Balaban J connectivity index is 1.46. The van der Waals surface area contributed by atoms with E-state index in [1.807, 2.05) is 17.5 Å². The van der Waals surface area contributed by atoms with Gasteiger partial charge in [0.05, 0.1) is 0 Å². The number of anilines is 2. The number of thiazole rings is 1. The highest BCUT2D eigenvalue weighted by molar-refractivity contribution is 7.13. The van der Waals surface area contributed by atoms with Gasteiger partial charge < -0.3 is 10.2 Å². The first-order valence-electron chi connectivity index (χ1n) is 8.45. The number of nitrogens with one attached hydrogen (secondary N) is 1. The number of fused-ring (bicyclic) bond motifs is 1. The van der Waals surface area contributed by atoms with Gasteiger partial charge in [0.15, 0.2) is 16.6 Å². The lowest BCUT2D eigenvalue weighted by molar-refractivity contribution is -0.116. The molecule has 0 unspecified atom stereocenters. The first-order valence-corrected chi connectivity index (χ1v) is 9.33. The maximum atomic E-state index is 12.0. The molecule has 0 radical (unpaired) electrons. The number of hydrogen-bond acceptors (Lipinski definition) is 7. The highest BCUT2D eigenvalue weighted by Gasteiger charge is 2.15. The predicted octanol–water partition coefficient (Wildman–Crippen LogP) is 2.14. The Kier molecular flexibility index (Phi) is 4.55. The van der Waals surface area contributed by atoms with E-state index >= 15 is 0 Å². The number of piperidine rings is 1. The molecule has 1 aliphatic rings. The van der Waals surface area contributed by atoms with Gasteiger partial charge in [-0.15, -0.1) is 26.6 Å². The molecule has 25 heavy (non-hydrogen) atoms. The minimum atomic E-state index is -0.0844. The molecule has 0 saturated carbocycles. The highest BCUT2D eigenvalue weighted by atomic mass is 32.1. The lowest BCUT2D eigenvalue weighted by Gasteiger charge is -2.27. The molecule has 1 N–H and O–H groups in total. The number of nitrogens with zero attached hydrogens (tertiary/aromatic N) is 6. The lowest BCUT2D eigenvalue weighted by Crippen LogP contribution is -2.30. The van der Waals surface area contributed by atoms with E-state index in [0.717, 1.165) is 18.9 Å². The van der Waals surface area contributed by atoms with Crippen LogP contribution in [0.5, 0.6) is 0 Å². The van der Waals surface area contributed by atoms with Crippen LogP contribution in [0.3, 0.4) is 0 Å². The molecule has 4 rings (SSSR count). The Morgan fingerprint density at radius 2 is 2.08 bits per heavy atom. The van der Waals surface area contributed by atoms with Crippen LogP contribution in [0.2, 0.25) is 0 Å². The van der Waals surface area contributed by atoms with E-state index in [-0.39, 0.29) is 5.91 Å². The summed E-state index contributed by atoms with van der Waals surface area (Å²) in [6.07, 6.45) is 6.14. The summed E-state index contributed by atoms with van der Waals surface area (Å²) in [7, 11) is 0. The zero-order chi connectivity index (χ0) is 17.1. The zero-order valence-electron chi connectivity index (χ0n) is 13.8. The third kappa shape index (κ3) is 3.60. The molecule has 0 spiro atoms. The Morgan fingerprint density at radius 3 is 2.88 bits per heavy atom. The van der Waals surface area contributed by atoms with Crippen molar-refractivity contribution in [1.29, 1.82) is 0 Å². The Bertz CT molecular complexity index is 855. The van der Waals surface area contributed by atoms with E-state index in [1.165, 1.54) is 30.6 Å². The number of rotatable bonds is 5. The molecule has 0 aromatic carbocycles. The molecule has 130 valence electrons. The molecular weight excluding hydrogens is 338 g/mol. The number of aromatic nitrogens is 5. The summed E-state index contributed by atoms with van der Waals surface area (Å²) in [5, 5.41) is 18.2. The van der Waals surface area contributed by atoms with E-state index in [2.05, 4.69) is 30.5 Å². The van der Waals surface area contributed by atoms with Crippen LogP contribution in [0, 0.1) is 0 Å². The second kappa shape index (κ2) is 7.14. The van der Waals surface area contributed by atoms with Crippen LogP contribution in [0.25, 0.3) is 5.65 Å². The van der Waals surface area contributed by atoms with Gasteiger partial charge in [-0.3, -0.25) is 4.79 Å². The Morgan fingerprint density at radius 1 is 1.20 bits per heavy atom. The molecule has 0 atom stereocenters. The Hall–Kier alpha value is -2.55. The van der Waals surface area contributed by atoms with Crippen molar-refractivity contribution in [2.75, 3.05) is 23.3 Å². The maximum absolute atomic E-state index is 12.0. The van der Waals surface area contributed by atoms with Gasteiger partial charge in [-0.1, -0.05) is 0 Å². The van der Waals surface area contributed by atoms with Gasteiger partial charge in [-0.05, 0) is 31.4 Å². The molecule has 3 aromatic heterocycles. The fraction of sp³-hybridized carbons (Fsp3) is 0.438. The average molecular weight is 357 g/mol. The molecular formula is C16H19N7OS. The summed E-state index contributed by atoms with van der Waals surface area (Å²) < 4.78 is 1.75. The maximum Gasteiger partial charge on any atom is 0.226 e. The van der Waals surface area contributed by atoms with Crippen LogP contribution in [0.4, 0.5) is 10.9 Å². The van der Waals surface area contributed by atoms with Gasteiger partial charge >= 0.3 is 0 Å². The number of amides is 1. The van der Waals surface area contributed by atoms with Crippen molar-refractivity contribution in [3.8, 4) is 0 Å². The van der Waals surface area contributed by atoms with E-state index in [4.69, 9.17) is 0 Å². The number of hydrogen-bond donors (Lipinski definition) is 1. The fourth-order valence-electron chi connectivity index (χ4n) is 2.96. The summed E-state index contributed by atoms with van der Waals surface area (Å²) in [5.74, 6) is 1.56. The van der Waals surface area contributed by atoms with Crippen molar-refractivity contribution >= 4 is 33.8 Å². The van der Waals surface area contributed by atoms with E-state index in [9.17, 15) is 4.79 Å². The molecule has 8 nitrogen and oxygen atoms in total. The van der Waals surface area contributed by atoms with Crippen LogP contribution in [0.1, 0.15) is 31.5 Å². The summed E-state index contributed by atoms with van der Waals surface area (Å²) in [6.45, 7) is 2.07. The summed E-state index contributed by atoms with van der Waals surface area (Å²) in [6, 6.07) is 3.93. The minimum Gasteiger partial charge on any atom is -0.355 e. The smallest absolute Gasteiger partial charge is 0.226 e. The highest BCUT2D eigenvalue weighted by Crippen LogP contribution is 2.18. The third-order valence-corrected chi connectivity index (χ3v) is 4.94. The minimum absolute atomic E-state index is 0.0844. The standard InChI is InChI=1S/C16H19N7OS/c24-15(18-16-17-8-11-25-16)7-6-13-20-19-12-4-5-14(21-23(12)13)22-9-2-1-3-10-22/h4-5,8,11H,1-3,6-7,9-10H2,(H,17,18,24). The second-order valence-corrected chi connectivity index (χ2v) is 6.91. The van der Waals surface area contributed by atoms with E-state index < -0.39 is 0 Å². The van der Waals surface area contributed by atoms with Gasteiger partial charge in [-0.2, -0.15) is 4.52 Å². The van der Waals surface area contributed by atoms with Crippen molar-refractivity contribution in [3.05, 3.63) is 29.5 Å². The van der Waals surface area contributed by atoms with Crippen LogP contribution in [-0.4, -0.2) is 43.8 Å². The zero-order valence-corrected chi connectivity index (χ0v) is 14.6. The van der Waals surface area contributed by atoms with E-state index in [0.29, 0.717) is 29.4 Å². The quantitative estimate of drug-likeness (QED) is 0.753. The largest absolute Gasteiger partial charge is 0.355 e. The fourth-order valence-corrected chi connectivity index (χ4v) is 3.51. The van der Waals surface area contributed by atoms with Gasteiger partial charge in [-0.25, -0.2) is 4.98 Å². The van der Waals surface area contributed by atoms with Gasteiger partial charge in [0.1, 0.15) is 5.82 Å². The SMILES string of the molecule is O=C(CCc1nnc2ccc(N3CCCCC3)nn12)Nc1nccs1. The predicted molar refractivity (Wildman–Crippen MR) is 95.9 cm³/mol. The normalized spacial score (nSPS) is 14.8. The monoisotopic (exact) mass is 357 g/mol. The molecule has 9 heteroatoms. The van der Waals surface area contributed by atoms with Gasteiger partial charge in [0, 0.05) is 37.5 Å². The molecule has 4 heterocycles. The molecule has 3 aromatic rings. The first-order chi connectivity index (χ1) is 12.3. The van der Waals surface area contributed by atoms with Crippen LogP contribution in [-0.2, 0) is 11.2 Å². The second-order valence-electron chi connectivity index (χ2n) is 6.01. The van der Waals surface area contributed by atoms with Crippen molar-refractivity contribution < 1.29 is 4.79 Å². The number of carbonyl (C=O) groups excluding carboxylic acids is 1. The summed E-state index contributed by atoms with van der Waals surface area (Å²) >= 11 is 1.40. The summed E-state index contributed by atoms with van der Waals surface area (Å²) in [5.41, 5.74) is 0.705. The van der Waals surface area contributed by atoms with E-state index in [1.54, 1.807) is 10.7 Å². The number of aryl methyl sites for hydroxylation is 1. The van der Waals surface area contributed by atoms with Crippen molar-refractivity contribution in [2.24, 2.45) is 0 Å². The summed E-state index contributed by atoms with van der Waals surface area (Å²) in [4.78, 5) is 18.4.